The van der Waals surface area contributed by atoms with E-state index in [0.29, 0.717) is 31.7 Å². The molecule has 0 saturated carbocycles. The predicted octanol–water partition coefficient (Wildman–Crippen LogP) is 3.49. The molecular weight excluding hydrogens is 434 g/mol. The van der Waals surface area contributed by atoms with E-state index < -0.39 is 10.0 Å². The SMILES string of the molecule is CCN(Cc1nn(-c2ccc(F)cc2)c2c1CN(Cc1ccc(F)cc1)CC2)S(C)(=O)=O. The van der Waals surface area contributed by atoms with Crippen LogP contribution in [0, 0.1) is 11.6 Å². The fourth-order valence-electron chi connectivity index (χ4n) is 4.08. The van der Waals surface area contributed by atoms with Crippen molar-refractivity contribution in [3.05, 3.63) is 82.7 Å². The first-order chi connectivity index (χ1) is 15.2. The molecule has 0 saturated heterocycles. The molecule has 0 atom stereocenters. The third kappa shape index (κ3) is 4.90. The Morgan fingerprint density at radius 3 is 2.25 bits per heavy atom. The normalized spacial score (nSPS) is 14.7. The second kappa shape index (κ2) is 9.09. The lowest BCUT2D eigenvalue weighted by molar-refractivity contribution is 0.242. The molecule has 0 spiro atoms. The van der Waals surface area contributed by atoms with E-state index in [4.69, 9.17) is 5.10 Å². The highest BCUT2D eigenvalue weighted by atomic mass is 32.2. The third-order valence-corrected chi connectivity index (χ3v) is 7.08. The van der Waals surface area contributed by atoms with Crippen molar-refractivity contribution >= 4 is 10.0 Å². The zero-order chi connectivity index (χ0) is 22.9. The van der Waals surface area contributed by atoms with Crippen LogP contribution >= 0.6 is 0 Å². The molecule has 2 heterocycles. The minimum Gasteiger partial charge on any atom is -0.294 e. The number of fused-ring (bicyclic) bond motifs is 1. The van der Waals surface area contributed by atoms with E-state index in [1.807, 2.05) is 0 Å². The summed E-state index contributed by atoms with van der Waals surface area (Å²) in [5.41, 5.74) is 4.44. The van der Waals surface area contributed by atoms with Gasteiger partial charge in [-0.1, -0.05) is 19.1 Å². The molecule has 0 aliphatic carbocycles. The molecule has 4 rings (SSSR count). The van der Waals surface area contributed by atoms with Crippen molar-refractivity contribution in [2.24, 2.45) is 0 Å². The van der Waals surface area contributed by atoms with Crippen LogP contribution in [0.3, 0.4) is 0 Å². The summed E-state index contributed by atoms with van der Waals surface area (Å²) in [6.07, 6.45) is 1.91. The maximum absolute atomic E-state index is 13.4. The molecule has 1 aliphatic rings. The number of rotatable bonds is 7. The average molecular weight is 461 g/mol. The van der Waals surface area contributed by atoms with E-state index >= 15 is 0 Å². The van der Waals surface area contributed by atoms with Crippen LogP contribution < -0.4 is 0 Å². The molecule has 170 valence electrons. The Balaban J connectivity index is 1.68. The van der Waals surface area contributed by atoms with Crippen molar-refractivity contribution in [2.75, 3.05) is 19.3 Å². The van der Waals surface area contributed by atoms with E-state index in [9.17, 15) is 17.2 Å². The van der Waals surface area contributed by atoms with Gasteiger partial charge in [0.25, 0.3) is 0 Å². The van der Waals surface area contributed by atoms with Crippen LogP contribution in [0.1, 0.15) is 29.4 Å². The second-order valence-corrected chi connectivity index (χ2v) is 10.0. The average Bonchev–Trinajstić information content (AvgIpc) is 3.11. The summed E-state index contributed by atoms with van der Waals surface area (Å²) < 4.78 is 54.3. The number of hydrogen-bond acceptors (Lipinski definition) is 4. The van der Waals surface area contributed by atoms with Gasteiger partial charge in [-0.05, 0) is 42.0 Å². The van der Waals surface area contributed by atoms with Crippen LogP contribution in [0.5, 0.6) is 0 Å². The molecule has 1 aromatic heterocycles. The fraction of sp³-hybridized carbons (Fsp3) is 0.348. The number of hydrogen-bond donors (Lipinski definition) is 0. The Kier molecular flexibility index (Phi) is 6.41. The van der Waals surface area contributed by atoms with Gasteiger partial charge in [0, 0.05) is 38.2 Å². The van der Waals surface area contributed by atoms with E-state index in [2.05, 4.69) is 4.90 Å². The van der Waals surface area contributed by atoms with Gasteiger partial charge >= 0.3 is 0 Å². The Labute approximate surface area is 187 Å². The molecular formula is C23H26F2N4O2S. The van der Waals surface area contributed by atoms with Crippen molar-refractivity contribution < 1.29 is 17.2 Å². The topological polar surface area (TPSA) is 58.4 Å². The van der Waals surface area contributed by atoms with Gasteiger partial charge in [-0.25, -0.2) is 21.9 Å². The number of aromatic nitrogens is 2. The van der Waals surface area contributed by atoms with Gasteiger partial charge in [-0.3, -0.25) is 4.90 Å². The van der Waals surface area contributed by atoms with Gasteiger partial charge in [0.15, 0.2) is 0 Å². The van der Waals surface area contributed by atoms with Crippen LogP contribution in [-0.4, -0.2) is 46.7 Å². The van der Waals surface area contributed by atoms with E-state index in [0.717, 1.165) is 29.1 Å². The van der Waals surface area contributed by atoms with Crippen LogP contribution in [0.25, 0.3) is 5.69 Å². The molecule has 0 N–H and O–H groups in total. The zero-order valence-electron chi connectivity index (χ0n) is 18.1. The van der Waals surface area contributed by atoms with Gasteiger partial charge in [-0.15, -0.1) is 0 Å². The maximum Gasteiger partial charge on any atom is 0.211 e. The maximum atomic E-state index is 13.4. The first-order valence-corrected chi connectivity index (χ1v) is 12.4. The summed E-state index contributed by atoms with van der Waals surface area (Å²) in [5.74, 6) is -0.590. The standard InChI is InChI=1S/C23H26F2N4O2S/c1-3-28(32(2,30)31)16-22-21-15-27(14-17-4-6-18(24)7-5-17)13-12-23(21)29(26-22)20-10-8-19(25)9-11-20/h4-11H,3,12-16H2,1-2H3. The largest absolute Gasteiger partial charge is 0.294 e. The number of halogens is 2. The Bertz CT molecular complexity index is 1190. The molecule has 0 unspecified atom stereocenters. The molecule has 2 aromatic carbocycles. The molecule has 3 aromatic rings. The van der Waals surface area contributed by atoms with E-state index in [1.54, 1.807) is 35.9 Å². The fourth-order valence-corrected chi connectivity index (χ4v) is 4.90. The first kappa shape index (κ1) is 22.6. The molecule has 1 aliphatic heterocycles. The lowest BCUT2D eigenvalue weighted by Crippen LogP contribution is -2.32. The quantitative estimate of drug-likeness (QED) is 0.542. The Morgan fingerprint density at radius 2 is 1.66 bits per heavy atom. The molecule has 0 amide bonds. The smallest absolute Gasteiger partial charge is 0.211 e. The summed E-state index contributed by atoms with van der Waals surface area (Å²) in [7, 11) is -3.38. The summed E-state index contributed by atoms with van der Waals surface area (Å²) in [5, 5.41) is 4.76. The highest BCUT2D eigenvalue weighted by molar-refractivity contribution is 7.88. The van der Waals surface area contributed by atoms with Gasteiger partial charge in [0.05, 0.1) is 29.9 Å². The van der Waals surface area contributed by atoms with Crippen LogP contribution in [0.4, 0.5) is 8.78 Å². The van der Waals surface area contributed by atoms with Gasteiger partial charge in [-0.2, -0.15) is 9.40 Å². The van der Waals surface area contributed by atoms with Gasteiger partial charge in [0.2, 0.25) is 10.0 Å². The van der Waals surface area contributed by atoms with Crippen molar-refractivity contribution in [2.45, 2.75) is 33.0 Å². The highest BCUT2D eigenvalue weighted by Crippen LogP contribution is 2.28. The monoisotopic (exact) mass is 460 g/mol. The Hall–Kier alpha value is -2.62. The van der Waals surface area contributed by atoms with Crippen LogP contribution in [0.2, 0.25) is 0 Å². The minimum atomic E-state index is -3.38. The molecule has 9 heteroatoms. The van der Waals surface area contributed by atoms with Crippen LogP contribution in [-0.2, 0) is 36.1 Å². The molecule has 0 radical (unpaired) electrons. The van der Waals surface area contributed by atoms with Crippen molar-refractivity contribution in [3.63, 3.8) is 0 Å². The number of benzene rings is 2. The number of sulfonamides is 1. The van der Waals surface area contributed by atoms with Crippen molar-refractivity contribution in [1.82, 2.24) is 19.0 Å². The summed E-state index contributed by atoms with van der Waals surface area (Å²) in [4.78, 5) is 2.24. The Morgan fingerprint density at radius 1 is 1.03 bits per heavy atom. The predicted molar refractivity (Wildman–Crippen MR) is 119 cm³/mol. The second-order valence-electron chi connectivity index (χ2n) is 8.04. The minimum absolute atomic E-state index is 0.177. The summed E-state index contributed by atoms with van der Waals surface area (Å²) in [6, 6.07) is 12.6. The zero-order valence-corrected chi connectivity index (χ0v) is 18.9. The van der Waals surface area contributed by atoms with E-state index in [-0.39, 0.29) is 18.2 Å². The summed E-state index contributed by atoms with van der Waals surface area (Å²) in [6.45, 7) is 4.35. The molecule has 0 fully saturated rings. The van der Waals surface area contributed by atoms with Gasteiger partial charge < -0.3 is 0 Å². The van der Waals surface area contributed by atoms with Gasteiger partial charge in [0.1, 0.15) is 11.6 Å². The summed E-state index contributed by atoms with van der Waals surface area (Å²) >= 11 is 0. The molecule has 6 nitrogen and oxygen atoms in total. The van der Waals surface area contributed by atoms with Crippen LogP contribution in [0.15, 0.2) is 48.5 Å². The first-order valence-electron chi connectivity index (χ1n) is 10.5. The van der Waals surface area contributed by atoms with Crippen molar-refractivity contribution in [3.8, 4) is 5.69 Å². The lowest BCUT2D eigenvalue weighted by atomic mass is 10.0. The molecule has 0 bridgehead atoms. The lowest BCUT2D eigenvalue weighted by Gasteiger charge is -2.28. The van der Waals surface area contributed by atoms with Crippen molar-refractivity contribution in [1.29, 1.82) is 0 Å². The number of nitrogens with zero attached hydrogens (tertiary/aromatic N) is 4. The molecule has 32 heavy (non-hydrogen) atoms. The van der Waals surface area contributed by atoms with E-state index in [1.165, 1.54) is 34.8 Å². The third-order valence-electron chi connectivity index (χ3n) is 5.76. The highest BCUT2D eigenvalue weighted by Gasteiger charge is 2.28.